The molecule has 366 valence electrons. The zero-order valence-corrected chi connectivity index (χ0v) is 38.4. The molecule has 0 saturated carbocycles. The van der Waals surface area contributed by atoms with Gasteiger partial charge in [0, 0.05) is 45.3 Å². The Hall–Kier alpha value is -9.06. The number of carboxylic acids is 1. The number of thiol groups is 1. The molecule has 6 rings (SSSR count). The largest absolute Gasteiger partial charge is 0.508 e. The molecule has 0 aromatic heterocycles. The number of aromatic carboxylic acids is 1. The third-order valence-electron chi connectivity index (χ3n) is 9.91. The molecule has 0 amide bonds. The number of amidine groups is 1. The average molecular weight is 978 g/mol. The van der Waals surface area contributed by atoms with Crippen molar-refractivity contribution in [3.8, 4) is 62.3 Å². The number of nitrogens with two attached hydrogens (primary N) is 8. The van der Waals surface area contributed by atoms with Gasteiger partial charge in [-0.05, 0) is 60.2 Å². The fourth-order valence-corrected chi connectivity index (χ4v) is 7.28. The number of nitrogens with one attached hydrogen (secondary N) is 2. The van der Waals surface area contributed by atoms with Crippen LogP contribution in [0.4, 0.5) is 5.69 Å². The van der Waals surface area contributed by atoms with E-state index in [2.05, 4.69) is 42.9 Å². The molecule has 0 atom stereocenters. The number of nitrogens with zero attached hydrogens (tertiary/aromatic N) is 4. The van der Waals surface area contributed by atoms with Crippen molar-refractivity contribution in [2.24, 2.45) is 65.8 Å². The number of phenolic OH excluding ortho intramolecular Hbond substituents is 1. The highest BCUT2D eigenvalue weighted by Gasteiger charge is 2.25. The van der Waals surface area contributed by atoms with Crippen molar-refractivity contribution in [3.63, 3.8) is 0 Å². The first-order chi connectivity index (χ1) is 33.6. The molecule has 0 spiro atoms. The second kappa shape index (κ2) is 23.6. The predicted octanol–water partition coefficient (Wildman–Crippen LogP) is 0.223. The first-order valence-corrected chi connectivity index (χ1v) is 21.7. The van der Waals surface area contributed by atoms with Crippen molar-refractivity contribution in [2.75, 3.05) is 57.9 Å². The van der Waals surface area contributed by atoms with E-state index in [1.54, 1.807) is 54.6 Å². The zero-order valence-electron chi connectivity index (χ0n) is 37.6. The Labute approximate surface area is 405 Å². The van der Waals surface area contributed by atoms with Crippen molar-refractivity contribution in [1.29, 1.82) is 0 Å². The molecule has 1 heterocycles. The highest BCUT2D eigenvalue weighted by molar-refractivity contribution is 7.96. The number of carbonyl (C=O) groups is 1. The normalized spacial score (nSPS) is 11.1. The van der Waals surface area contributed by atoms with E-state index in [9.17, 15) is 19.8 Å². The molecule has 4 aromatic rings. The summed E-state index contributed by atoms with van der Waals surface area (Å²) in [5, 5.41) is 24.6. The summed E-state index contributed by atoms with van der Waals surface area (Å²) in [7, 11) is 0. The van der Waals surface area contributed by atoms with Gasteiger partial charge in [0.15, 0.2) is 52.3 Å². The molecule has 0 unspecified atom stereocenters. The van der Waals surface area contributed by atoms with Gasteiger partial charge in [0.1, 0.15) is 55.8 Å². The third kappa shape index (κ3) is 13.3. The summed E-state index contributed by atoms with van der Waals surface area (Å²) in [4.78, 5) is 44.6. The molecule has 24 heteroatoms. The maximum absolute atomic E-state index is 12.9. The molecule has 70 heavy (non-hydrogen) atoms. The van der Waals surface area contributed by atoms with Crippen LogP contribution < -0.4 is 80.6 Å². The Morgan fingerprint density at radius 1 is 0.643 bits per heavy atom. The lowest BCUT2D eigenvalue weighted by Crippen LogP contribution is -2.71. The number of benzene rings is 5. The average Bonchev–Trinajstić information content (AvgIpc) is 3.30. The van der Waals surface area contributed by atoms with E-state index in [0.29, 0.717) is 56.0 Å². The van der Waals surface area contributed by atoms with E-state index in [4.69, 9.17) is 69.2 Å². The van der Waals surface area contributed by atoms with E-state index in [0.717, 1.165) is 0 Å². The number of fused-ring (bicyclic) bond motifs is 2. The summed E-state index contributed by atoms with van der Waals surface area (Å²) in [5.41, 5.74) is 47.8. The van der Waals surface area contributed by atoms with Crippen LogP contribution in [0.2, 0.25) is 0 Å². The topological polar surface area (TPSA) is 408 Å². The van der Waals surface area contributed by atoms with E-state index in [1.165, 1.54) is 30.3 Å². The molecular weight excluding hydrogens is 925 g/mol. The van der Waals surface area contributed by atoms with Gasteiger partial charge >= 0.3 is 11.1 Å². The number of carboxylic acid groups (broad SMARTS) is 1. The minimum absolute atomic E-state index is 0.000321. The maximum Gasteiger partial charge on any atom is 0.336 e. The maximum atomic E-state index is 12.9. The number of hydrogen-bond donors (Lipinski definition) is 13. The van der Waals surface area contributed by atoms with Crippen molar-refractivity contribution in [1.82, 2.24) is 0 Å². The van der Waals surface area contributed by atoms with Gasteiger partial charge in [-0.1, -0.05) is 30.8 Å². The van der Waals surface area contributed by atoms with Gasteiger partial charge < -0.3 is 79.4 Å². The molecule has 23 nitrogen and oxygen atoms in total. The summed E-state index contributed by atoms with van der Waals surface area (Å²) < 4.78 is 31.2. The van der Waals surface area contributed by atoms with Gasteiger partial charge in [0.2, 0.25) is 0 Å². The molecule has 0 radical (unpaired) electrons. The smallest absolute Gasteiger partial charge is 0.336 e. The minimum atomic E-state index is -1.23. The number of aromatic hydroxyl groups is 1. The van der Waals surface area contributed by atoms with Crippen molar-refractivity contribution in [2.45, 2.75) is 6.54 Å². The van der Waals surface area contributed by atoms with Gasteiger partial charge in [0.25, 0.3) is 0 Å². The van der Waals surface area contributed by atoms with E-state index < -0.39 is 5.97 Å². The van der Waals surface area contributed by atoms with E-state index in [1.807, 2.05) is 0 Å². The minimum Gasteiger partial charge on any atom is -0.508 e. The van der Waals surface area contributed by atoms with Gasteiger partial charge in [-0.15, -0.1) is 0 Å². The van der Waals surface area contributed by atoms with Crippen LogP contribution >= 0.6 is 12.6 Å². The Kier molecular flexibility index (Phi) is 17.0. The van der Waals surface area contributed by atoms with E-state index >= 15 is 0 Å². The molecule has 20 N–H and O–H groups in total. The van der Waals surface area contributed by atoms with Crippen LogP contribution in [-0.2, 0) is 6.54 Å². The summed E-state index contributed by atoms with van der Waals surface area (Å²) in [6.07, 6.45) is 0. The SMILES string of the molecule is NC(N)=NCCOc1cccc(-c2ccc(C[NH+]=C(S)Nc3ccc(-c4c5ccc(=O)cc-5oc5cc(O)ccc45)c(C(=O)O)c3)c(OCCN=C(N)N)c2OCCN=C(N)N)c1OCCN=C(N)N. The fraction of sp³-hybridized carbons (Fsp3) is 0.196. The third-order valence-corrected chi connectivity index (χ3v) is 10.2. The predicted molar refractivity (Wildman–Crippen MR) is 272 cm³/mol. The molecule has 0 fully saturated rings. The molecule has 1 aliphatic carbocycles. The number of rotatable bonds is 22. The highest BCUT2D eigenvalue weighted by Crippen LogP contribution is 2.47. The summed E-state index contributed by atoms with van der Waals surface area (Å²) in [6.45, 7) is 0.702. The lowest BCUT2D eigenvalue weighted by molar-refractivity contribution is -0.472. The van der Waals surface area contributed by atoms with Crippen molar-refractivity contribution in [3.05, 3.63) is 106 Å². The molecule has 0 saturated heterocycles. The van der Waals surface area contributed by atoms with Gasteiger partial charge in [-0.3, -0.25) is 29.8 Å². The Balaban J connectivity index is 1.40. The second-order valence-electron chi connectivity index (χ2n) is 14.9. The lowest BCUT2D eigenvalue weighted by atomic mass is 9.90. The van der Waals surface area contributed by atoms with Crippen molar-refractivity contribution < 1.29 is 43.4 Å². The summed E-state index contributed by atoms with van der Waals surface area (Å²) in [6, 6.07) is 22.3. The van der Waals surface area contributed by atoms with E-state index in [-0.39, 0.29) is 128 Å². The number of aliphatic imine (C=N–C) groups is 4. The van der Waals surface area contributed by atoms with Gasteiger partial charge in [0.05, 0.1) is 31.7 Å². The Bertz CT molecular complexity index is 3030. The number of para-hydroxylation sites is 1. The number of guanidine groups is 4. The molecule has 4 aromatic carbocycles. The summed E-state index contributed by atoms with van der Waals surface area (Å²) >= 11 is 4.68. The van der Waals surface area contributed by atoms with Crippen LogP contribution in [0, 0.1) is 0 Å². The molecule has 1 aliphatic heterocycles. The monoisotopic (exact) mass is 977 g/mol. The fourth-order valence-electron chi connectivity index (χ4n) is 7.07. The van der Waals surface area contributed by atoms with Crippen LogP contribution in [0.25, 0.3) is 44.5 Å². The first-order valence-electron chi connectivity index (χ1n) is 21.3. The van der Waals surface area contributed by atoms with Crippen LogP contribution in [0.1, 0.15) is 15.9 Å². The molecule has 0 bridgehead atoms. The molecule has 2 aliphatic rings. The van der Waals surface area contributed by atoms with Crippen LogP contribution in [0.15, 0.2) is 114 Å². The Morgan fingerprint density at radius 2 is 1.21 bits per heavy atom. The zero-order chi connectivity index (χ0) is 50.3. The molecular formula is C46H53N14O9S+. The number of ether oxygens (including phenoxy) is 4. The second-order valence-corrected chi connectivity index (χ2v) is 15.3. The lowest BCUT2D eigenvalue weighted by Gasteiger charge is -2.21. The number of anilines is 1. The highest BCUT2D eigenvalue weighted by atomic mass is 32.1. The standard InChI is InChI=1S/C46H52N14O9S/c47-42(48)55-12-16-65-34-3-1-2-29(39(34)67-18-14-57-44(51)52)30-8-4-24(38(66-17-13-56-43(49)50)40(30)68-19-15-58-45(53)54)23-59-46(70)60-25-5-9-28(33(20-25)41(63)64)37-31-10-6-26(61)21-35(31)69-36-22-27(62)7-11-32(36)37/h1-11,20-22,61H,12-19,23H2,(H,63,64)(H4,47,48,55)(H4,49,50,56)(H4,51,52,57)(H4,53,54,58)(H2,59,60,70)/p+1. The van der Waals surface area contributed by atoms with Crippen LogP contribution in [0.3, 0.4) is 0 Å². The first kappa shape index (κ1) is 50.4. The van der Waals surface area contributed by atoms with Gasteiger partial charge in [-0.25, -0.2) is 10.1 Å². The quantitative estimate of drug-likeness (QED) is 0.0142. The number of phenols is 1. The summed E-state index contributed by atoms with van der Waals surface area (Å²) in [5.74, 6) is -0.363. The number of hydrogen-bond acceptors (Lipinski definition) is 12. The van der Waals surface area contributed by atoms with Gasteiger partial charge in [-0.2, -0.15) is 0 Å². The Morgan fingerprint density at radius 3 is 1.84 bits per heavy atom. The van der Waals surface area contributed by atoms with Crippen LogP contribution in [0.5, 0.6) is 28.7 Å². The van der Waals surface area contributed by atoms with Crippen LogP contribution in [-0.4, -0.2) is 97.8 Å². The van der Waals surface area contributed by atoms with Crippen molar-refractivity contribution >= 4 is 64.3 Å².